The van der Waals surface area contributed by atoms with Crippen LogP contribution in [0.2, 0.25) is 0 Å². The van der Waals surface area contributed by atoms with Crippen LogP contribution in [0.1, 0.15) is 16.1 Å². The van der Waals surface area contributed by atoms with Gasteiger partial charge in [0, 0.05) is 34.6 Å². The number of carbonyl (C=O) groups is 1. The Balaban J connectivity index is 1.59. The van der Waals surface area contributed by atoms with Crippen LogP contribution in [-0.2, 0) is 6.18 Å². The van der Waals surface area contributed by atoms with E-state index in [0.29, 0.717) is 27.0 Å². The first-order chi connectivity index (χ1) is 15.2. The third kappa shape index (κ3) is 4.78. The quantitative estimate of drug-likeness (QED) is 0.271. The van der Waals surface area contributed by atoms with E-state index in [4.69, 9.17) is 16.5 Å². The minimum absolute atomic E-state index is 0.0709. The third-order valence-corrected chi connectivity index (χ3v) is 4.94. The van der Waals surface area contributed by atoms with Crippen molar-refractivity contribution in [2.24, 2.45) is 0 Å². The lowest BCUT2D eigenvalue weighted by Crippen LogP contribution is -2.13. The van der Waals surface area contributed by atoms with Crippen molar-refractivity contribution in [1.82, 2.24) is 19.8 Å². The summed E-state index contributed by atoms with van der Waals surface area (Å²) < 4.78 is 46.1. The van der Waals surface area contributed by atoms with E-state index in [0.717, 1.165) is 6.07 Å². The molecule has 1 amide bonds. The van der Waals surface area contributed by atoms with Crippen molar-refractivity contribution in [3.63, 3.8) is 0 Å². The summed E-state index contributed by atoms with van der Waals surface area (Å²) in [7, 11) is 0. The number of alkyl halides is 3. The van der Waals surface area contributed by atoms with Gasteiger partial charge in [-0.25, -0.2) is 4.98 Å². The number of aromatic nitrogens is 3. The summed E-state index contributed by atoms with van der Waals surface area (Å²) in [5, 5.41) is 2.68. The maximum absolute atomic E-state index is 13.4. The summed E-state index contributed by atoms with van der Waals surface area (Å²) in [6.45, 7) is 0. The molecule has 0 saturated carbocycles. The van der Waals surface area contributed by atoms with E-state index in [1.807, 2.05) is 4.84 Å². The van der Waals surface area contributed by atoms with Gasteiger partial charge in [-0.05, 0) is 36.4 Å². The van der Waals surface area contributed by atoms with Crippen molar-refractivity contribution >= 4 is 56.3 Å². The molecule has 0 radical (unpaired) electrons. The summed E-state index contributed by atoms with van der Waals surface area (Å²) in [5.41, 5.74) is 0.149. The molecule has 0 atom stereocenters. The highest BCUT2D eigenvalue weighted by molar-refractivity contribution is 9.10. The third-order valence-electron chi connectivity index (χ3n) is 4.28. The Hall–Kier alpha value is -3.31. The highest BCUT2D eigenvalue weighted by Gasteiger charge is 2.34. The fourth-order valence-corrected chi connectivity index (χ4v) is 3.34. The average molecular weight is 527 g/mol. The Bertz CT molecular complexity index is 1310. The van der Waals surface area contributed by atoms with Gasteiger partial charge in [0.1, 0.15) is 17.2 Å². The number of nitrogens with one attached hydrogen (secondary N) is 3. The van der Waals surface area contributed by atoms with E-state index in [1.165, 1.54) is 24.4 Å². The molecular weight excluding hydrogens is 515 g/mol. The summed E-state index contributed by atoms with van der Waals surface area (Å²) in [6, 6.07) is 11.7. The molecule has 0 aliphatic heterocycles. The van der Waals surface area contributed by atoms with E-state index in [-0.39, 0.29) is 17.3 Å². The molecule has 0 aliphatic rings. The molecule has 32 heavy (non-hydrogen) atoms. The Morgan fingerprint density at radius 2 is 1.88 bits per heavy atom. The van der Waals surface area contributed by atoms with Crippen molar-refractivity contribution < 1.29 is 22.7 Å². The number of H-pyrrole nitrogens is 1. The van der Waals surface area contributed by atoms with E-state index in [2.05, 4.69) is 36.2 Å². The number of nitrogens with zero attached hydrogens (tertiary/aromatic N) is 2. The van der Waals surface area contributed by atoms with Crippen LogP contribution in [0.25, 0.3) is 11.0 Å². The van der Waals surface area contributed by atoms with Gasteiger partial charge in [-0.3, -0.25) is 14.6 Å². The maximum atomic E-state index is 13.4. The minimum atomic E-state index is -4.54. The summed E-state index contributed by atoms with van der Waals surface area (Å²) in [4.78, 5) is 24.6. The van der Waals surface area contributed by atoms with Crippen LogP contribution >= 0.6 is 27.7 Å². The Morgan fingerprint density at radius 1 is 1.09 bits per heavy atom. The standard InChI is InChI=1S/C20H12BrClF3N5O2/c21-10-1-3-14(13(7-10)20(23,24)25)27-19-28-15-4-2-11(8-16(15)29-19)32-12-5-6-26-17(9-12)18(31)30-22/h1-9H,(H,30,31)(H2,27,28,29). The topological polar surface area (TPSA) is 91.9 Å². The van der Waals surface area contributed by atoms with Gasteiger partial charge in [0.2, 0.25) is 5.95 Å². The Morgan fingerprint density at radius 3 is 2.62 bits per heavy atom. The Labute approximate surface area is 192 Å². The molecule has 3 N–H and O–H groups in total. The van der Waals surface area contributed by atoms with Crippen molar-refractivity contribution in [1.29, 1.82) is 0 Å². The molecule has 2 heterocycles. The first kappa shape index (κ1) is 21.9. The zero-order valence-electron chi connectivity index (χ0n) is 15.8. The second-order valence-electron chi connectivity index (χ2n) is 6.48. The molecule has 164 valence electrons. The van der Waals surface area contributed by atoms with E-state index < -0.39 is 17.6 Å². The van der Waals surface area contributed by atoms with Crippen LogP contribution in [0.5, 0.6) is 11.5 Å². The van der Waals surface area contributed by atoms with Crippen LogP contribution in [0.15, 0.2) is 59.2 Å². The predicted molar refractivity (Wildman–Crippen MR) is 116 cm³/mol. The molecular formula is C20H12BrClF3N5O2. The van der Waals surface area contributed by atoms with E-state index in [1.54, 1.807) is 24.3 Å². The molecule has 0 fully saturated rings. The van der Waals surface area contributed by atoms with Gasteiger partial charge in [0.25, 0.3) is 5.91 Å². The van der Waals surface area contributed by atoms with Crippen LogP contribution in [-0.4, -0.2) is 20.9 Å². The van der Waals surface area contributed by atoms with Gasteiger partial charge >= 0.3 is 6.18 Å². The zero-order chi connectivity index (χ0) is 22.9. The molecule has 2 aromatic carbocycles. The number of carbonyl (C=O) groups excluding carboxylic acids is 1. The summed E-state index contributed by atoms with van der Waals surface area (Å²) >= 11 is 8.36. The number of halogens is 5. The minimum Gasteiger partial charge on any atom is -0.457 e. The van der Waals surface area contributed by atoms with E-state index >= 15 is 0 Å². The molecule has 0 saturated heterocycles. The van der Waals surface area contributed by atoms with Gasteiger partial charge in [-0.1, -0.05) is 15.9 Å². The number of pyridine rings is 1. The number of anilines is 2. The highest BCUT2D eigenvalue weighted by atomic mass is 79.9. The molecule has 0 spiro atoms. The largest absolute Gasteiger partial charge is 0.457 e. The van der Waals surface area contributed by atoms with E-state index in [9.17, 15) is 18.0 Å². The number of benzene rings is 2. The molecule has 0 bridgehead atoms. The molecule has 4 rings (SSSR count). The monoisotopic (exact) mass is 525 g/mol. The van der Waals surface area contributed by atoms with Gasteiger partial charge in [-0.15, -0.1) is 0 Å². The second kappa shape index (κ2) is 8.67. The maximum Gasteiger partial charge on any atom is 0.418 e. The highest BCUT2D eigenvalue weighted by Crippen LogP contribution is 2.37. The normalized spacial score (nSPS) is 11.4. The molecule has 7 nitrogen and oxygen atoms in total. The molecule has 0 aliphatic carbocycles. The van der Waals surface area contributed by atoms with Crippen LogP contribution in [0.3, 0.4) is 0 Å². The molecule has 2 aromatic heterocycles. The average Bonchev–Trinajstić information content (AvgIpc) is 3.15. The van der Waals surface area contributed by atoms with Crippen molar-refractivity contribution in [3.8, 4) is 11.5 Å². The van der Waals surface area contributed by atoms with Gasteiger partial charge in [-0.2, -0.15) is 13.2 Å². The fourth-order valence-electron chi connectivity index (χ4n) is 2.88. The molecule has 0 unspecified atom stereocenters. The lowest BCUT2D eigenvalue weighted by atomic mass is 10.1. The lowest BCUT2D eigenvalue weighted by molar-refractivity contribution is -0.137. The SMILES string of the molecule is O=C(NCl)c1cc(Oc2ccc3nc(Nc4ccc(Br)cc4C(F)(F)F)[nH]c3c2)ccn1. The van der Waals surface area contributed by atoms with Gasteiger partial charge in [0.15, 0.2) is 0 Å². The van der Waals surface area contributed by atoms with Crippen LogP contribution in [0.4, 0.5) is 24.8 Å². The molecule has 4 aromatic rings. The summed E-state index contributed by atoms with van der Waals surface area (Å²) in [6.07, 6.45) is -3.15. The number of hydrogen-bond acceptors (Lipinski definition) is 5. The van der Waals surface area contributed by atoms with Crippen LogP contribution < -0.4 is 14.9 Å². The number of imidazole rings is 1. The van der Waals surface area contributed by atoms with Crippen molar-refractivity contribution in [2.75, 3.05) is 5.32 Å². The number of ether oxygens (including phenoxy) is 1. The van der Waals surface area contributed by atoms with Crippen molar-refractivity contribution in [3.05, 3.63) is 70.5 Å². The smallest absolute Gasteiger partial charge is 0.418 e. The second-order valence-corrected chi connectivity index (χ2v) is 7.58. The van der Waals surface area contributed by atoms with Crippen LogP contribution in [0, 0.1) is 0 Å². The first-order valence-electron chi connectivity index (χ1n) is 8.91. The zero-order valence-corrected chi connectivity index (χ0v) is 18.1. The lowest BCUT2D eigenvalue weighted by Gasteiger charge is -2.13. The number of hydrogen-bond donors (Lipinski definition) is 3. The number of fused-ring (bicyclic) bond motifs is 1. The first-order valence-corrected chi connectivity index (χ1v) is 10.1. The fraction of sp³-hybridized carbons (Fsp3) is 0.0500. The number of amides is 1. The summed E-state index contributed by atoms with van der Waals surface area (Å²) in [5.74, 6) is 0.311. The number of rotatable bonds is 5. The Kier molecular flexibility index (Phi) is 5.94. The van der Waals surface area contributed by atoms with Gasteiger partial charge in [0.05, 0.1) is 22.3 Å². The van der Waals surface area contributed by atoms with Gasteiger partial charge < -0.3 is 15.0 Å². The molecule has 12 heteroatoms. The van der Waals surface area contributed by atoms with Crippen molar-refractivity contribution in [2.45, 2.75) is 6.18 Å². The predicted octanol–water partition coefficient (Wildman–Crippen LogP) is 6.16. The number of aromatic amines is 1.